The van der Waals surface area contributed by atoms with E-state index in [4.69, 9.17) is 19.1 Å². The number of aromatic nitrogens is 5. The van der Waals surface area contributed by atoms with Gasteiger partial charge in [0.05, 0.1) is 38.8 Å². The average molecular weight is 826 g/mol. The number of fused-ring (bicyclic) bond motifs is 14. The van der Waals surface area contributed by atoms with Crippen molar-refractivity contribution < 1.29 is 13.7 Å². The number of para-hydroxylation sites is 3. The molecule has 7 nitrogen and oxygen atoms in total. The van der Waals surface area contributed by atoms with Crippen LogP contribution in [0.3, 0.4) is 0 Å². The smallest absolute Gasteiger partial charge is 0.269 e. The maximum Gasteiger partial charge on any atom is 0.269 e. The molecule has 5 aromatic heterocycles. The normalized spacial score (nSPS) is 12.3. The molecule has 7 heteroatoms. The molecular weight excluding hydrogens is 787 g/mol. The van der Waals surface area contributed by atoms with Gasteiger partial charge in [-0.1, -0.05) is 130 Å². The van der Waals surface area contributed by atoms with Crippen LogP contribution >= 0.6 is 0 Å². The van der Waals surface area contributed by atoms with E-state index in [0.717, 1.165) is 83.1 Å². The fraction of sp³-hybridized carbons (Fsp3) is 0.0702. The lowest BCUT2D eigenvalue weighted by molar-refractivity contribution is -0.571. The van der Waals surface area contributed by atoms with Crippen molar-refractivity contribution in [1.29, 1.82) is 0 Å². The molecule has 0 aliphatic carbocycles. The van der Waals surface area contributed by atoms with Gasteiger partial charge in [0.2, 0.25) is 5.88 Å². The van der Waals surface area contributed by atoms with Crippen molar-refractivity contribution in [2.45, 2.75) is 26.2 Å². The van der Waals surface area contributed by atoms with Gasteiger partial charge >= 0.3 is 0 Å². The minimum absolute atomic E-state index is 0.0681. The molecule has 0 fully saturated rings. The van der Waals surface area contributed by atoms with Crippen molar-refractivity contribution in [2.75, 3.05) is 0 Å². The van der Waals surface area contributed by atoms with Crippen LogP contribution in [0.2, 0.25) is 0 Å². The monoisotopic (exact) mass is 825 g/mol. The van der Waals surface area contributed by atoms with Crippen LogP contribution in [0.15, 0.2) is 187 Å². The highest BCUT2D eigenvalue weighted by molar-refractivity contribution is 6.23. The number of nitrogens with zero attached hydrogens (tertiary/aromatic N) is 5. The van der Waals surface area contributed by atoms with Crippen LogP contribution in [-0.4, -0.2) is 19.1 Å². The molecule has 0 atom stereocenters. The van der Waals surface area contributed by atoms with Crippen LogP contribution in [0.4, 0.5) is 0 Å². The number of hydrogen-bond donors (Lipinski definition) is 0. The number of pyridine rings is 2. The lowest BCUT2D eigenvalue weighted by atomic mass is 9.88. The van der Waals surface area contributed by atoms with Crippen LogP contribution in [0.1, 0.15) is 26.3 Å². The second kappa shape index (κ2) is 13.6. The molecule has 0 saturated carbocycles. The molecule has 64 heavy (non-hydrogen) atoms. The summed E-state index contributed by atoms with van der Waals surface area (Å²) in [5.41, 5.74) is 15.8. The summed E-state index contributed by atoms with van der Waals surface area (Å²) in [6.45, 7) is 6.67. The van der Waals surface area contributed by atoms with Crippen molar-refractivity contribution in [3.8, 4) is 62.2 Å². The first-order chi connectivity index (χ1) is 31.4. The van der Waals surface area contributed by atoms with Crippen LogP contribution in [0, 0.1) is 6.33 Å². The van der Waals surface area contributed by atoms with E-state index in [9.17, 15) is 0 Å². The van der Waals surface area contributed by atoms with Gasteiger partial charge in [-0.25, -0.2) is 9.97 Å². The van der Waals surface area contributed by atoms with E-state index in [-0.39, 0.29) is 5.41 Å². The van der Waals surface area contributed by atoms with Crippen LogP contribution in [-0.2, 0) is 5.41 Å². The molecule has 1 aliphatic rings. The Hall–Kier alpha value is -8.29. The molecule has 13 rings (SSSR count). The highest BCUT2D eigenvalue weighted by atomic mass is 16.5. The summed E-state index contributed by atoms with van der Waals surface area (Å²) in [7, 11) is 0. The summed E-state index contributed by atoms with van der Waals surface area (Å²) < 4.78 is 19.9. The van der Waals surface area contributed by atoms with Gasteiger partial charge in [0, 0.05) is 34.6 Å². The van der Waals surface area contributed by atoms with E-state index >= 15 is 0 Å². The molecule has 0 amide bonds. The van der Waals surface area contributed by atoms with E-state index in [1.54, 1.807) is 0 Å². The zero-order valence-corrected chi connectivity index (χ0v) is 35.4. The van der Waals surface area contributed by atoms with Gasteiger partial charge in [0.25, 0.3) is 6.33 Å². The molecular formula is C57H39N5O2. The van der Waals surface area contributed by atoms with Crippen molar-refractivity contribution in [1.82, 2.24) is 19.1 Å². The molecule has 7 aromatic carbocycles. The molecule has 0 N–H and O–H groups in total. The lowest BCUT2D eigenvalue weighted by Gasteiger charge is -2.20. The van der Waals surface area contributed by atoms with Crippen LogP contribution in [0.5, 0.6) is 11.6 Å². The number of rotatable bonds is 4. The van der Waals surface area contributed by atoms with Gasteiger partial charge in [-0.15, -0.1) is 0 Å². The van der Waals surface area contributed by atoms with E-state index in [1.807, 2.05) is 42.7 Å². The predicted molar refractivity (Wildman–Crippen MR) is 256 cm³/mol. The summed E-state index contributed by atoms with van der Waals surface area (Å²) in [5.74, 6) is 1.93. The van der Waals surface area contributed by atoms with Gasteiger partial charge in [-0.05, 0) is 99.0 Å². The topological polar surface area (TPSA) is 61.9 Å². The van der Waals surface area contributed by atoms with Crippen LogP contribution in [0.25, 0.3) is 105 Å². The standard InChI is InChI=1S/C57H39N5O2/c1-57(2,3)35-28-29-58-52(30-35)62-48-27-26-45-43-21-9-11-25-51(43)64-56(45)54(48)46-33-59-53(32-50(46)62)63-37-15-12-14-36(31-37)60-34-61-47-23-10-8-20-42(47)40-18-6-4-16-38(40)39-17-5-7-19-41(39)44-22-13-24-49(60)55(44)61/h4-33H,1-3H3. The average Bonchev–Trinajstić information content (AvgIpc) is 4.02. The Labute approximate surface area is 368 Å². The molecule has 0 radical (unpaired) electrons. The Morgan fingerprint density at radius 1 is 0.578 bits per heavy atom. The molecule has 6 heterocycles. The highest BCUT2D eigenvalue weighted by Crippen LogP contribution is 2.44. The third-order valence-electron chi connectivity index (χ3n) is 12.8. The molecule has 304 valence electrons. The van der Waals surface area contributed by atoms with Crippen molar-refractivity contribution in [2.24, 2.45) is 0 Å². The van der Waals surface area contributed by atoms with Gasteiger partial charge in [-0.2, -0.15) is 0 Å². The van der Waals surface area contributed by atoms with Crippen molar-refractivity contribution in [3.05, 3.63) is 194 Å². The van der Waals surface area contributed by atoms with E-state index < -0.39 is 0 Å². The van der Waals surface area contributed by atoms with E-state index in [2.05, 4.69) is 180 Å². The summed E-state index contributed by atoms with van der Waals surface area (Å²) in [6, 6.07) is 59.5. The molecule has 0 unspecified atom stereocenters. The first-order valence-corrected chi connectivity index (χ1v) is 21.6. The fourth-order valence-corrected chi connectivity index (χ4v) is 9.82. The van der Waals surface area contributed by atoms with Gasteiger partial charge < -0.3 is 9.15 Å². The SMILES string of the molecule is CC(C)(C)c1ccnc(-n2c3cc(Oc4cccc(-n5[c-][n+]6c7c(cccc75)-c5ccccc5-c5ccccc5-c5ccccc5-6)c4)ncc3c3c4oc5ccccc5c4ccc32)c1. The van der Waals surface area contributed by atoms with Gasteiger partial charge in [-0.3, -0.25) is 13.7 Å². The third kappa shape index (κ3) is 5.43. The Kier molecular flexibility index (Phi) is 7.73. The lowest BCUT2D eigenvalue weighted by Crippen LogP contribution is -2.30. The largest absolute Gasteiger partial charge is 0.455 e. The quantitative estimate of drug-likeness (QED) is 0.131. The van der Waals surface area contributed by atoms with Gasteiger partial charge in [0.15, 0.2) is 0 Å². The number of hydrogen-bond acceptors (Lipinski definition) is 4. The zero-order valence-electron chi connectivity index (χ0n) is 35.4. The van der Waals surface area contributed by atoms with Crippen molar-refractivity contribution >= 4 is 54.8 Å². The van der Waals surface area contributed by atoms with E-state index in [1.165, 1.54) is 27.8 Å². The summed E-state index contributed by atoms with van der Waals surface area (Å²) in [4.78, 5) is 9.88. The molecule has 0 spiro atoms. The Morgan fingerprint density at radius 3 is 2.09 bits per heavy atom. The fourth-order valence-electron chi connectivity index (χ4n) is 9.82. The second-order valence-corrected chi connectivity index (χ2v) is 17.6. The molecule has 1 aliphatic heterocycles. The number of furan rings is 1. The van der Waals surface area contributed by atoms with Crippen LogP contribution < -0.4 is 9.30 Å². The first kappa shape index (κ1) is 36.4. The Bertz CT molecular complexity index is 3880. The minimum atomic E-state index is -0.0681. The molecule has 0 bridgehead atoms. The number of benzene rings is 7. The molecule has 12 aromatic rings. The summed E-state index contributed by atoms with van der Waals surface area (Å²) in [5, 5.41) is 4.09. The van der Waals surface area contributed by atoms with Gasteiger partial charge in [0.1, 0.15) is 22.7 Å². The van der Waals surface area contributed by atoms with E-state index in [0.29, 0.717) is 11.6 Å². The maximum atomic E-state index is 6.73. The minimum Gasteiger partial charge on any atom is -0.455 e. The first-order valence-electron chi connectivity index (χ1n) is 21.6. The Balaban J connectivity index is 0.972. The Morgan fingerprint density at radius 2 is 1.28 bits per heavy atom. The molecule has 0 saturated heterocycles. The third-order valence-corrected chi connectivity index (χ3v) is 12.8. The summed E-state index contributed by atoms with van der Waals surface area (Å²) >= 11 is 0. The summed E-state index contributed by atoms with van der Waals surface area (Å²) in [6.07, 6.45) is 7.60. The zero-order chi connectivity index (χ0) is 42.7. The second-order valence-electron chi connectivity index (χ2n) is 17.6. The van der Waals surface area contributed by atoms with Crippen molar-refractivity contribution in [3.63, 3.8) is 0 Å². The highest BCUT2D eigenvalue weighted by Gasteiger charge is 2.25. The maximum absolute atomic E-state index is 6.73. The number of imidazole rings is 1. The predicted octanol–water partition coefficient (Wildman–Crippen LogP) is 13.9. The number of ether oxygens (including phenoxy) is 1.